The Morgan fingerprint density at radius 3 is 2.44 bits per heavy atom. The standard InChI is InChI=1S/C28H34N4O2/c1-4-13-32(19-25(31(2)3)17-20-9-11-26(33)12-10-20)28-29-24(18-27(34)30-28)16-21-14-22-7-5-6-8-23(22)15-21/h4-12,18,21,25,33H,1,13-17,19H2,2-3H3,(H,29,30,34)/t25-/m1/s1. The highest BCUT2D eigenvalue weighted by Crippen LogP contribution is 2.28. The number of likely N-dealkylation sites (N-methyl/N-ethyl adjacent to an activating group) is 1. The highest BCUT2D eigenvalue weighted by atomic mass is 16.3. The fourth-order valence-electron chi connectivity index (χ4n) is 4.81. The minimum atomic E-state index is -0.121. The minimum absolute atomic E-state index is 0.121. The maximum Gasteiger partial charge on any atom is 0.252 e. The number of rotatable bonds is 10. The molecular formula is C28H34N4O2. The molecule has 0 saturated heterocycles. The molecule has 0 fully saturated rings. The van der Waals surface area contributed by atoms with E-state index < -0.39 is 0 Å². The average molecular weight is 459 g/mol. The Hall–Kier alpha value is -3.38. The normalized spacial score (nSPS) is 14.2. The van der Waals surface area contributed by atoms with Crippen LogP contribution in [0.1, 0.15) is 22.4 Å². The molecule has 0 spiro atoms. The van der Waals surface area contributed by atoms with Gasteiger partial charge in [-0.2, -0.15) is 0 Å². The summed E-state index contributed by atoms with van der Waals surface area (Å²) in [7, 11) is 4.11. The number of H-pyrrole nitrogens is 1. The maximum atomic E-state index is 12.6. The van der Waals surface area contributed by atoms with Gasteiger partial charge in [0.15, 0.2) is 0 Å². The first-order chi connectivity index (χ1) is 16.4. The topological polar surface area (TPSA) is 72.5 Å². The number of benzene rings is 2. The van der Waals surface area contributed by atoms with Crippen molar-refractivity contribution in [2.24, 2.45) is 5.92 Å². The Balaban J connectivity index is 1.51. The molecule has 1 aliphatic rings. The van der Waals surface area contributed by atoms with Crippen LogP contribution in [0, 0.1) is 5.92 Å². The molecule has 4 rings (SSSR count). The summed E-state index contributed by atoms with van der Waals surface area (Å²) in [4.78, 5) is 24.7. The molecule has 0 unspecified atom stereocenters. The van der Waals surface area contributed by atoms with Gasteiger partial charge in [-0.1, -0.05) is 42.5 Å². The van der Waals surface area contributed by atoms with Crippen molar-refractivity contribution in [3.8, 4) is 5.75 Å². The van der Waals surface area contributed by atoms with E-state index in [1.807, 2.05) is 18.2 Å². The lowest BCUT2D eigenvalue weighted by Gasteiger charge is -2.31. The predicted molar refractivity (Wildman–Crippen MR) is 138 cm³/mol. The van der Waals surface area contributed by atoms with Gasteiger partial charge in [-0.15, -0.1) is 6.58 Å². The minimum Gasteiger partial charge on any atom is -0.508 e. The largest absolute Gasteiger partial charge is 0.508 e. The van der Waals surface area contributed by atoms with Gasteiger partial charge in [-0.05, 0) is 74.5 Å². The molecule has 0 bridgehead atoms. The van der Waals surface area contributed by atoms with Gasteiger partial charge in [0.1, 0.15) is 5.75 Å². The SMILES string of the molecule is C=CCN(C[C@@H](Cc1ccc(O)cc1)N(C)C)c1nc(CC2Cc3ccccc3C2)cc(=O)[nH]1. The summed E-state index contributed by atoms with van der Waals surface area (Å²) in [6.45, 7) is 5.19. The second-order valence-corrected chi connectivity index (χ2v) is 9.49. The molecule has 1 aliphatic carbocycles. The third-order valence-electron chi connectivity index (χ3n) is 6.63. The number of aromatic hydroxyl groups is 1. The molecule has 0 amide bonds. The number of nitrogens with one attached hydrogen (secondary N) is 1. The summed E-state index contributed by atoms with van der Waals surface area (Å²) in [5, 5.41) is 9.60. The van der Waals surface area contributed by atoms with E-state index >= 15 is 0 Å². The number of phenols is 1. The van der Waals surface area contributed by atoms with Crippen molar-refractivity contribution < 1.29 is 5.11 Å². The van der Waals surface area contributed by atoms with Crippen LogP contribution >= 0.6 is 0 Å². The molecule has 0 saturated carbocycles. The molecule has 6 heteroatoms. The Labute approximate surface area is 201 Å². The van der Waals surface area contributed by atoms with Crippen LogP contribution < -0.4 is 10.5 Å². The van der Waals surface area contributed by atoms with Gasteiger partial charge in [0, 0.05) is 25.2 Å². The fourth-order valence-corrected chi connectivity index (χ4v) is 4.81. The molecule has 178 valence electrons. The van der Waals surface area contributed by atoms with Crippen LogP contribution in [0.4, 0.5) is 5.95 Å². The van der Waals surface area contributed by atoms with Gasteiger partial charge in [0.05, 0.1) is 5.69 Å². The number of aromatic amines is 1. The third kappa shape index (κ3) is 5.94. The summed E-state index contributed by atoms with van der Waals surface area (Å²) in [5.41, 5.74) is 4.68. The number of aromatic nitrogens is 2. The van der Waals surface area contributed by atoms with E-state index in [2.05, 4.69) is 59.7 Å². The van der Waals surface area contributed by atoms with Crippen molar-refractivity contribution >= 4 is 5.95 Å². The van der Waals surface area contributed by atoms with E-state index in [1.54, 1.807) is 18.2 Å². The van der Waals surface area contributed by atoms with Crippen LogP contribution in [0.15, 0.2) is 72.0 Å². The van der Waals surface area contributed by atoms with E-state index in [4.69, 9.17) is 4.98 Å². The highest BCUT2D eigenvalue weighted by molar-refractivity contribution is 5.35. The van der Waals surface area contributed by atoms with Crippen LogP contribution in [0.3, 0.4) is 0 Å². The first kappa shape index (κ1) is 23.8. The van der Waals surface area contributed by atoms with Crippen LogP contribution in [0.25, 0.3) is 0 Å². The molecule has 34 heavy (non-hydrogen) atoms. The summed E-state index contributed by atoms with van der Waals surface area (Å²) < 4.78 is 0. The quantitative estimate of drug-likeness (QED) is 0.454. The monoisotopic (exact) mass is 458 g/mol. The van der Waals surface area contributed by atoms with Crippen molar-refractivity contribution in [1.82, 2.24) is 14.9 Å². The van der Waals surface area contributed by atoms with Gasteiger partial charge in [0.25, 0.3) is 5.56 Å². The lowest BCUT2D eigenvalue weighted by Crippen LogP contribution is -2.43. The van der Waals surface area contributed by atoms with E-state index in [9.17, 15) is 9.90 Å². The van der Waals surface area contributed by atoms with E-state index in [1.165, 1.54) is 11.1 Å². The lowest BCUT2D eigenvalue weighted by atomic mass is 10.00. The maximum absolute atomic E-state index is 12.6. The van der Waals surface area contributed by atoms with Crippen molar-refractivity contribution in [2.75, 3.05) is 32.1 Å². The average Bonchev–Trinajstić information content (AvgIpc) is 3.21. The molecule has 2 aromatic carbocycles. The zero-order chi connectivity index (χ0) is 24.1. The Morgan fingerprint density at radius 2 is 1.82 bits per heavy atom. The van der Waals surface area contributed by atoms with Gasteiger partial charge in [-0.3, -0.25) is 9.78 Å². The molecule has 6 nitrogen and oxygen atoms in total. The van der Waals surface area contributed by atoms with Gasteiger partial charge in [-0.25, -0.2) is 4.98 Å². The molecule has 3 aromatic rings. The molecule has 0 radical (unpaired) electrons. The number of anilines is 1. The number of fused-ring (bicyclic) bond motifs is 1. The number of hydrogen-bond donors (Lipinski definition) is 2. The zero-order valence-corrected chi connectivity index (χ0v) is 20.1. The van der Waals surface area contributed by atoms with Gasteiger partial charge < -0.3 is 14.9 Å². The first-order valence-corrected chi connectivity index (χ1v) is 11.9. The molecule has 1 aromatic heterocycles. The van der Waals surface area contributed by atoms with Crippen molar-refractivity contribution in [1.29, 1.82) is 0 Å². The lowest BCUT2D eigenvalue weighted by molar-refractivity contribution is 0.293. The summed E-state index contributed by atoms with van der Waals surface area (Å²) in [5.74, 6) is 1.33. The van der Waals surface area contributed by atoms with Crippen LogP contribution in [0.2, 0.25) is 0 Å². The van der Waals surface area contributed by atoms with Crippen LogP contribution in [-0.4, -0.2) is 53.2 Å². The van der Waals surface area contributed by atoms with Crippen LogP contribution in [0.5, 0.6) is 5.75 Å². The molecule has 1 heterocycles. The second-order valence-electron chi connectivity index (χ2n) is 9.49. The predicted octanol–water partition coefficient (Wildman–Crippen LogP) is 3.60. The highest BCUT2D eigenvalue weighted by Gasteiger charge is 2.23. The number of phenolic OH excluding ortho intramolecular Hbond substituents is 1. The van der Waals surface area contributed by atoms with Crippen molar-refractivity contribution in [3.63, 3.8) is 0 Å². The number of nitrogens with zero attached hydrogens (tertiary/aromatic N) is 3. The Bertz CT molecular complexity index is 1140. The molecular weight excluding hydrogens is 424 g/mol. The number of hydrogen-bond acceptors (Lipinski definition) is 5. The Kier molecular flexibility index (Phi) is 7.48. The molecule has 1 atom stereocenters. The van der Waals surface area contributed by atoms with E-state index in [0.717, 1.165) is 36.9 Å². The van der Waals surface area contributed by atoms with Crippen LogP contribution in [-0.2, 0) is 25.7 Å². The molecule has 2 N–H and O–H groups in total. The van der Waals surface area contributed by atoms with Crippen molar-refractivity contribution in [2.45, 2.75) is 31.7 Å². The van der Waals surface area contributed by atoms with Crippen molar-refractivity contribution in [3.05, 3.63) is 100.0 Å². The Morgan fingerprint density at radius 1 is 1.15 bits per heavy atom. The second kappa shape index (κ2) is 10.7. The van der Waals surface area contributed by atoms with E-state index in [-0.39, 0.29) is 17.4 Å². The smallest absolute Gasteiger partial charge is 0.252 e. The third-order valence-corrected chi connectivity index (χ3v) is 6.63. The molecule has 0 aliphatic heterocycles. The van der Waals surface area contributed by atoms with E-state index in [0.29, 0.717) is 25.0 Å². The first-order valence-electron chi connectivity index (χ1n) is 11.9. The van der Waals surface area contributed by atoms with Gasteiger partial charge >= 0.3 is 0 Å². The zero-order valence-electron chi connectivity index (χ0n) is 20.1. The summed E-state index contributed by atoms with van der Waals surface area (Å²) in [6.07, 6.45) is 5.51. The summed E-state index contributed by atoms with van der Waals surface area (Å²) in [6, 6.07) is 17.7. The fraction of sp³-hybridized carbons (Fsp3) is 0.357. The van der Waals surface area contributed by atoms with Gasteiger partial charge in [0.2, 0.25) is 5.95 Å². The summed E-state index contributed by atoms with van der Waals surface area (Å²) >= 11 is 0.